The highest BCUT2D eigenvalue weighted by Crippen LogP contribution is 2.42. The molecule has 5 aromatic rings. The molecule has 0 saturated carbocycles. The fourth-order valence-electron chi connectivity index (χ4n) is 10.5. The molecule has 0 N–H and O–H groups in total. The van der Waals surface area contributed by atoms with Gasteiger partial charge in [0.1, 0.15) is 84.6 Å². The smallest absolute Gasteiger partial charge is 0.169 e. The van der Waals surface area contributed by atoms with E-state index in [1.54, 1.807) is 52.3 Å². The highest BCUT2D eigenvalue weighted by Gasteiger charge is 2.59. The quantitative estimate of drug-likeness (QED) is 0.0256. The monoisotopic (exact) mass is 1140 g/mol. The average molecular weight is 1140 g/mol. The SMILES string of the molecule is COc1ccc(CO[C@@H]2[C@@H](N=[N+]=[N-])[C@@H](OC)O[C@H](COCc3ccccc3)[C@@H]2O[C@H]2O[C@H](COCc3ccccc3)[C@H](O[C@@H]3O[C@H](COCc4ccccc4)[C@@H]4OC(C)(C)O[C@@H]4[C@H]3N=[N+]=[N-])[C@H](OCc3ccc(OC)cc3)[C@H]2N=[N+]=[N-])cc1. The molecule has 4 aliphatic heterocycles. The molecule has 4 fully saturated rings. The summed E-state index contributed by atoms with van der Waals surface area (Å²) in [6.07, 6.45) is -13.4. The Morgan fingerprint density at radius 1 is 0.422 bits per heavy atom. The third-order valence-corrected chi connectivity index (χ3v) is 14.4. The molecule has 4 saturated heterocycles. The van der Waals surface area contributed by atoms with Crippen LogP contribution in [0.5, 0.6) is 11.5 Å². The standard InChI is InChI=1S/C59H69N9O15/c1-59(2)82-52-46(36-74-31-39-19-13-8-14-20-39)79-58(49(65-68-62)55(52)83-59)81-51-45(35-73-30-38-17-11-7-12-18-38)78-57(48(64-67-61)54(51)76-33-41-23-27-43(70-4)28-24-41)80-50-44(34-72-29-37-15-9-6-10-16-37)77-56(71-5)47(63-66-60)53(50)75-32-40-21-25-42(69-3)26-22-40/h6-28,44-58H,29-36H2,1-5H3/t44-,45-,46-,47-,48-,49-,50+,51+,52+,53-,54-,55-,56+,57-,58+/m1/s1. The zero-order valence-electron chi connectivity index (χ0n) is 46.7. The van der Waals surface area contributed by atoms with E-state index < -0.39 is 97.7 Å². The molecule has 440 valence electrons. The van der Waals surface area contributed by atoms with Crippen LogP contribution in [0.15, 0.2) is 155 Å². The van der Waals surface area contributed by atoms with E-state index in [-0.39, 0.29) is 52.9 Å². The number of azide groups is 3. The summed E-state index contributed by atoms with van der Waals surface area (Å²) < 4.78 is 97.2. The van der Waals surface area contributed by atoms with Gasteiger partial charge in [0.15, 0.2) is 24.7 Å². The van der Waals surface area contributed by atoms with E-state index in [9.17, 15) is 16.6 Å². The number of hydrogen-bond acceptors (Lipinski definition) is 18. The molecule has 4 heterocycles. The zero-order chi connectivity index (χ0) is 58.0. The highest BCUT2D eigenvalue weighted by atomic mass is 16.8. The maximum absolute atomic E-state index is 10.6. The van der Waals surface area contributed by atoms with Gasteiger partial charge in [-0.3, -0.25) is 0 Å². The van der Waals surface area contributed by atoms with Crippen molar-refractivity contribution >= 4 is 0 Å². The van der Waals surface area contributed by atoms with E-state index in [1.807, 2.05) is 115 Å². The van der Waals surface area contributed by atoms with Crippen LogP contribution in [0.2, 0.25) is 0 Å². The molecule has 5 aromatic carbocycles. The summed E-state index contributed by atoms with van der Waals surface area (Å²) in [7, 11) is 4.57. The Kier molecular flexibility index (Phi) is 22.0. The minimum absolute atomic E-state index is 0.00453. The van der Waals surface area contributed by atoms with Crippen LogP contribution in [-0.4, -0.2) is 139 Å². The maximum atomic E-state index is 10.6. The van der Waals surface area contributed by atoms with Crippen LogP contribution in [0.1, 0.15) is 41.7 Å². The first-order valence-electron chi connectivity index (χ1n) is 27.2. The molecule has 9 rings (SSSR count). The molecule has 0 aromatic heterocycles. The van der Waals surface area contributed by atoms with E-state index in [0.29, 0.717) is 17.1 Å². The summed E-state index contributed by atoms with van der Waals surface area (Å²) in [4.78, 5) is 9.76. The Morgan fingerprint density at radius 3 is 1.20 bits per heavy atom. The highest BCUT2D eigenvalue weighted by molar-refractivity contribution is 5.28. The first-order valence-corrected chi connectivity index (χ1v) is 27.2. The van der Waals surface area contributed by atoms with Gasteiger partial charge in [0.05, 0.1) is 67.1 Å². The average Bonchev–Trinajstić information content (AvgIpc) is 4.09. The molecule has 0 unspecified atom stereocenters. The Bertz CT molecular complexity index is 2930. The number of rotatable bonds is 28. The predicted molar refractivity (Wildman–Crippen MR) is 297 cm³/mol. The second kappa shape index (κ2) is 30.1. The van der Waals surface area contributed by atoms with Gasteiger partial charge in [0.25, 0.3) is 0 Å². The second-order valence-electron chi connectivity index (χ2n) is 20.5. The minimum atomic E-state index is -1.50. The van der Waals surface area contributed by atoms with Crippen molar-refractivity contribution in [3.63, 3.8) is 0 Å². The third kappa shape index (κ3) is 16.1. The van der Waals surface area contributed by atoms with Gasteiger partial charge in [-0.1, -0.05) is 131 Å². The van der Waals surface area contributed by atoms with Crippen molar-refractivity contribution in [2.45, 2.75) is 145 Å². The summed E-state index contributed by atoms with van der Waals surface area (Å²) in [5.74, 6) is 0.134. The van der Waals surface area contributed by atoms with Crippen molar-refractivity contribution in [1.82, 2.24) is 0 Å². The molecule has 24 heteroatoms. The lowest BCUT2D eigenvalue weighted by Gasteiger charge is -2.50. The van der Waals surface area contributed by atoms with Gasteiger partial charge in [-0.15, -0.1) is 0 Å². The fourth-order valence-corrected chi connectivity index (χ4v) is 10.5. The number of nitrogens with zero attached hydrogens (tertiary/aromatic N) is 9. The van der Waals surface area contributed by atoms with Crippen molar-refractivity contribution in [2.24, 2.45) is 15.3 Å². The first kappa shape index (κ1) is 60.7. The Labute approximate surface area is 480 Å². The predicted octanol–water partition coefficient (Wildman–Crippen LogP) is 9.97. The molecule has 83 heavy (non-hydrogen) atoms. The molecular weight excluding hydrogens is 1070 g/mol. The maximum Gasteiger partial charge on any atom is 0.169 e. The van der Waals surface area contributed by atoms with Gasteiger partial charge < -0.3 is 71.1 Å². The minimum Gasteiger partial charge on any atom is -0.497 e. The molecule has 0 amide bonds. The van der Waals surface area contributed by atoms with Crippen molar-refractivity contribution < 1.29 is 71.1 Å². The van der Waals surface area contributed by atoms with Crippen LogP contribution in [0.3, 0.4) is 0 Å². The molecule has 0 aliphatic carbocycles. The van der Waals surface area contributed by atoms with Gasteiger partial charge in [0, 0.05) is 21.8 Å². The largest absolute Gasteiger partial charge is 0.497 e. The molecular formula is C59H69N9O15. The lowest BCUT2D eigenvalue weighted by atomic mass is 9.94. The van der Waals surface area contributed by atoms with Crippen LogP contribution in [0.25, 0.3) is 31.3 Å². The summed E-state index contributed by atoms with van der Waals surface area (Å²) in [6.45, 7) is 3.84. The van der Waals surface area contributed by atoms with Crippen molar-refractivity contribution in [1.29, 1.82) is 0 Å². The van der Waals surface area contributed by atoms with Crippen LogP contribution in [0.4, 0.5) is 0 Å². The Morgan fingerprint density at radius 2 is 0.783 bits per heavy atom. The topological polar surface area (TPSA) is 285 Å². The molecule has 4 aliphatic rings. The van der Waals surface area contributed by atoms with Crippen molar-refractivity contribution in [2.75, 3.05) is 41.2 Å². The van der Waals surface area contributed by atoms with Gasteiger partial charge in [-0.05, 0) is 82.5 Å². The van der Waals surface area contributed by atoms with E-state index in [0.717, 1.165) is 22.3 Å². The lowest BCUT2D eigenvalue weighted by molar-refractivity contribution is -0.354. The van der Waals surface area contributed by atoms with E-state index >= 15 is 0 Å². The Hall–Kier alpha value is -6.89. The summed E-state index contributed by atoms with van der Waals surface area (Å²) in [5.41, 5.74) is 35.0. The molecule has 0 bridgehead atoms. The summed E-state index contributed by atoms with van der Waals surface area (Å²) >= 11 is 0. The molecule has 0 radical (unpaired) electrons. The van der Waals surface area contributed by atoms with Crippen LogP contribution in [-0.2, 0) is 94.6 Å². The summed E-state index contributed by atoms with van der Waals surface area (Å²) in [6, 6.07) is 39.6. The lowest BCUT2D eigenvalue weighted by Crippen LogP contribution is -2.66. The van der Waals surface area contributed by atoms with Crippen LogP contribution in [0, 0.1) is 0 Å². The van der Waals surface area contributed by atoms with Gasteiger partial charge in [-0.2, -0.15) is 0 Å². The van der Waals surface area contributed by atoms with Gasteiger partial charge >= 0.3 is 0 Å². The van der Waals surface area contributed by atoms with E-state index in [2.05, 4.69) is 30.1 Å². The van der Waals surface area contributed by atoms with Gasteiger partial charge in [0.2, 0.25) is 0 Å². The normalized spacial score (nSPS) is 29.0. The van der Waals surface area contributed by atoms with Crippen molar-refractivity contribution in [3.05, 3.63) is 199 Å². The Balaban J connectivity index is 1.11. The second-order valence-corrected chi connectivity index (χ2v) is 20.5. The van der Waals surface area contributed by atoms with Gasteiger partial charge in [-0.25, -0.2) is 0 Å². The molecule has 24 nitrogen and oxygen atoms in total. The summed E-state index contributed by atoms with van der Waals surface area (Å²) in [5, 5.41) is 12.7. The van der Waals surface area contributed by atoms with Crippen LogP contribution < -0.4 is 9.47 Å². The zero-order valence-corrected chi connectivity index (χ0v) is 46.7. The van der Waals surface area contributed by atoms with Crippen molar-refractivity contribution in [3.8, 4) is 11.5 Å². The van der Waals surface area contributed by atoms with E-state index in [1.165, 1.54) is 7.11 Å². The molecule has 0 spiro atoms. The number of hydrogen-bond donors (Lipinski definition) is 0. The first-order chi connectivity index (χ1) is 40.6. The number of methoxy groups -OCH3 is 3. The van der Waals surface area contributed by atoms with Crippen LogP contribution >= 0.6 is 0 Å². The number of ether oxygens (including phenoxy) is 15. The number of benzene rings is 5. The van der Waals surface area contributed by atoms with E-state index in [4.69, 9.17) is 71.1 Å². The molecule has 15 atom stereocenters. The third-order valence-electron chi connectivity index (χ3n) is 14.4. The fraction of sp³-hybridized carbons (Fsp3) is 0.492. The number of fused-ring (bicyclic) bond motifs is 1.